The van der Waals surface area contributed by atoms with Crippen LogP contribution in [0.15, 0.2) is 22.7 Å². The van der Waals surface area contributed by atoms with Gasteiger partial charge in [-0.15, -0.1) is 0 Å². The van der Waals surface area contributed by atoms with Crippen LogP contribution in [0.1, 0.15) is 44.6 Å². The Bertz CT molecular complexity index is 425. The molecule has 0 spiro atoms. The average Bonchev–Trinajstić information content (AvgIpc) is 2.44. The first kappa shape index (κ1) is 15.8. The van der Waals surface area contributed by atoms with Crippen LogP contribution >= 0.6 is 15.9 Å². The monoisotopic (exact) mass is 341 g/mol. The van der Waals surface area contributed by atoms with Crippen LogP contribution in [-0.2, 0) is 6.54 Å². The Morgan fingerprint density at radius 3 is 2.85 bits per heavy atom. The van der Waals surface area contributed by atoms with Crippen LogP contribution in [0.2, 0.25) is 0 Å². The summed E-state index contributed by atoms with van der Waals surface area (Å²) < 4.78 is 6.93. The molecule has 2 rings (SSSR count). The summed E-state index contributed by atoms with van der Waals surface area (Å²) in [5.74, 6) is 0.829. The first-order valence-electron chi connectivity index (χ1n) is 7.54. The van der Waals surface area contributed by atoms with Crippen LogP contribution in [0.25, 0.3) is 0 Å². The van der Waals surface area contributed by atoms with E-state index in [1.165, 1.54) is 5.56 Å². The van der Waals surface area contributed by atoms with E-state index >= 15 is 0 Å². The minimum Gasteiger partial charge on any atom is -0.487 e. The number of halogens is 1. The van der Waals surface area contributed by atoms with Gasteiger partial charge in [-0.3, -0.25) is 0 Å². The van der Waals surface area contributed by atoms with E-state index < -0.39 is 0 Å². The predicted molar refractivity (Wildman–Crippen MR) is 85.0 cm³/mol. The van der Waals surface area contributed by atoms with Crippen molar-refractivity contribution in [2.75, 3.05) is 6.54 Å². The van der Waals surface area contributed by atoms with Gasteiger partial charge >= 0.3 is 0 Å². The van der Waals surface area contributed by atoms with Crippen molar-refractivity contribution in [3.63, 3.8) is 0 Å². The number of rotatable bonds is 6. The molecule has 2 atom stereocenters. The number of aliphatic hydroxyl groups is 1. The van der Waals surface area contributed by atoms with E-state index in [4.69, 9.17) is 4.74 Å². The Labute approximate surface area is 129 Å². The minimum absolute atomic E-state index is 0.0656. The molecule has 0 aliphatic heterocycles. The van der Waals surface area contributed by atoms with Gasteiger partial charge in [0.2, 0.25) is 0 Å². The van der Waals surface area contributed by atoms with Crippen molar-refractivity contribution in [3.8, 4) is 5.75 Å². The van der Waals surface area contributed by atoms with E-state index in [9.17, 15) is 5.11 Å². The molecule has 1 aromatic carbocycles. The lowest BCUT2D eigenvalue weighted by Crippen LogP contribution is -2.34. The van der Waals surface area contributed by atoms with Crippen molar-refractivity contribution in [2.24, 2.45) is 0 Å². The van der Waals surface area contributed by atoms with Gasteiger partial charge in [0.1, 0.15) is 11.9 Å². The van der Waals surface area contributed by atoms with Gasteiger partial charge in [0.25, 0.3) is 0 Å². The summed E-state index contributed by atoms with van der Waals surface area (Å²) in [6.45, 7) is 4.07. The van der Waals surface area contributed by atoms with Crippen LogP contribution < -0.4 is 10.1 Å². The predicted octanol–water partition coefficient (Wildman–Crippen LogP) is 3.63. The third-order valence-electron chi connectivity index (χ3n) is 3.70. The van der Waals surface area contributed by atoms with Crippen LogP contribution in [-0.4, -0.2) is 23.9 Å². The molecule has 0 amide bonds. The fourth-order valence-corrected chi connectivity index (χ4v) is 3.06. The van der Waals surface area contributed by atoms with Crippen molar-refractivity contribution in [1.29, 1.82) is 0 Å². The molecule has 1 aliphatic rings. The Kier molecular flexibility index (Phi) is 6.33. The molecule has 0 bridgehead atoms. The molecule has 20 heavy (non-hydrogen) atoms. The lowest BCUT2D eigenvalue weighted by atomic mass is 9.95. The molecule has 3 nitrogen and oxygen atoms in total. The number of hydrogen-bond donors (Lipinski definition) is 2. The number of nitrogens with one attached hydrogen (secondary N) is 1. The SMILES string of the molecule is CCCNCc1ccc(OC2CCCCC2O)c(Br)c1. The molecule has 0 saturated heterocycles. The summed E-state index contributed by atoms with van der Waals surface area (Å²) in [5, 5.41) is 13.4. The van der Waals surface area contributed by atoms with Crippen LogP contribution in [0.5, 0.6) is 5.75 Å². The van der Waals surface area contributed by atoms with E-state index in [1.54, 1.807) is 0 Å². The van der Waals surface area contributed by atoms with Gasteiger partial charge < -0.3 is 15.2 Å². The molecule has 1 fully saturated rings. The molecular weight excluding hydrogens is 318 g/mol. The molecule has 0 radical (unpaired) electrons. The van der Waals surface area contributed by atoms with Gasteiger partial charge in [-0.1, -0.05) is 19.4 Å². The van der Waals surface area contributed by atoms with E-state index in [0.717, 1.165) is 55.4 Å². The third kappa shape index (κ3) is 4.47. The number of aliphatic hydroxyl groups excluding tert-OH is 1. The van der Waals surface area contributed by atoms with Crippen molar-refractivity contribution < 1.29 is 9.84 Å². The Morgan fingerprint density at radius 1 is 1.35 bits per heavy atom. The van der Waals surface area contributed by atoms with Crippen LogP contribution in [0, 0.1) is 0 Å². The van der Waals surface area contributed by atoms with E-state index in [2.05, 4.69) is 40.3 Å². The quantitative estimate of drug-likeness (QED) is 0.776. The highest BCUT2D eigenvalue weighted by atomic mass is 79.9. The second-order valence-electron chi connectivity index (χ2n) is 5.45. The Morgan fingerprint density at radius 2 is 2.15 bits per heavy atom. The summed E-state index contributed by atoms with van der Waals surface area (Å²) in [4.78, 5) is 0. The summed E-state index contributed by atoms with van der Waals surface area (Å²) in [6, 6.07) is 6.17. The molecule has 1 aromatic rings. The Balaban J connectivity index is 1.94. The van der Waals surface area contributed by atoms with Crippen molar-refractivity contribution in [1.82, 2.24) is 5.32 Å². The molecular formula is C16H24BrNO2. The molecule has 4 heteroatoms. The van der Waals surface area contributed by atoms with E-state index in [0.29, 0.717) is 0 Å². The van der Waals surface area contributed by atoms with Gasteiger partial charge in [0.15, 0.2) is 0 Å². The lowest BCUT2D eigenvalue weighted by molar-refractivity contribution is 0.00648. The summed E-state index contributed by atoms with van der Waals surface area (Å²) in [5.41, 5.74) is 1.24. The zero-order valence-electron chi connectivity index (χ0n) is 12.1. The highest BCUT2D eigenvalue weighted by molar-refractivity contribution is 9.10. The molecule has 2 N–H and O–H groups in total. The van der Waals surface area contributed by atoms with Crippen LogP contribution in [0.3, 0.4) is 0 Å². The van der Waals surface area contributed by atoms with Gasteiger partial charge in [-0.25, -0.2) is 0 Å². The maximum Gasteiger partial charge on any atom is 0.134 e. The molecule has 0 aromatic heterocycles. The summed E-state index contributed by atoms with van der Waals surface area (Å²) >= 11 is 3.57. The molecule has 2 unspecified atom stereocenters. The normalized spacial score (nSPS) is 22.8. The fourth-order valence-electron chi connectivity index (χ4n) is 2.54. The molecule has 1 saturated carbocycles. The van der Waals surface area contributed by atoms with Crippen molar-refractivity contribution in [3.05, 3.63) is 28.2 Å². The lowest BCUT2D eigenvalue weighted by Gasteiger charge is -2.28. The van der Waals surface area contributed by atoms with Gasteiger partial charge in [0.05, 0.1) is 10.6 Å². The van der Waals surface area contributed by atoms with Crippen molar-refractivity contribution in [2.45, 2.75) is 57.8 Å². The van der Waals surface area contributed by atoms with Crippen molar-refractivity contribution >= 4 is 15.9 Å². The second kappa shape index (κ2) is 8.01. The highest BCUT2D eigenvalue weighted by Crippen LogP contribution is 2.30. The third-order valence-corrected chi connectivity index (χ3v) is 4.32. The maximum atomic E-state index is 9.97. The van der Waals surface area contributed by atoms with Gasteiger partial charge in [-0.05, 0) is 65.9 Å². The number of ether oxygens (including phenoxy) is 1. The maximum absolute atomic E-state index is 9.97. The topological polar surface area (TPSA) is 41.5 Å². The largest absolute Gasteiger partial charge is 0.487 e. The Hall–Kier alpha value is -0.580. The fraction of sp³-hybridized carbons (Fsp3) is 0.625. The zero-order chi connectivity index (χ0) is 14.4. The van der Waals surface area contributed by atoms with E-state index in [1.807, 2.05) is 6.07 Å². The smallest absolute Gasteiger partial charge is 0.134 e. The number of hydrogen-bond acceptors (Lipinski definition) is 3. The average molecular weight is 342 g/mol. The second-order valence-corrected chi connectivity index (χ2v) is 6.30. The first-order valence-corrected chi connectivity index (χ1v) is 8.34. The minimum atomic E-state index is -0.332. The first-order chi connectivity index (χ1) is 9.70. The highest BCUT2D eigenvalue weighted by Gasteiger charge is 2.25. The molecule has 1 aliphatic carbocycles. The number of benzene rings is 1. The summed E-state index contributed by atoms with van der Waals surface area (Å²) in [6.07, 6.45) is 4.77. The van der Waals surface area contributed by atoms with Gasteiger partial charge in [0, 0.05) is 6.54 Å². The molecule has 0 heterocycles. The zero-order valence-corrected chi connectivity index (χ0v) is 13.7. The standard InChI is InChI=1S/C16H24BrNO2/c1-2-9-18-11-12-7-8-15(13(17)10-12)20-16-6-4-3-5-14(16)19/h7-8,10,14,16,18-19H,2-6,9,11H2,1H3. The molecule has 112 valence electrons. The van der Waals surface area contributed by atoms with Gasteiger partial charge in [-0.2, -0.15) is 0 Å². The summed E-state index contributed by atoms with van der Waals surface area (Å²) in [7, 11) is 0. The van der Waals surface area contributed by atoms with Crippen LogP contribution in [0.4, 0.5) is 0 Å². The van der Waals surface area contributed by atoms with E-state index in [-0.39, 0.29) is 12.2 Å².